The van der Waals surface area contributed by atoms with E-state index in [2.05, 4.69) is 10.2 Å². The topological polar surface area (TPSA) is 24.5 Å². The molecule has 4 heteroatoms. The number of hydrogen-bond donors (Lipinski definition) is 1. The van der Waals surface area contributed by atoms with E-state index in [-0.39, 0.29) is 12.4 Å². The van der Waals surface area contributed by atoms with Crippen molar-refractivity contribution in [2.75, 3.05) is 45.9 Å². The predicted molar refractivity (Wildman–Crippen MR) is 76.4 cm³/mol. The van der Waals surface area contributed by atoms with Gasteiger partial charge in [0.25, 0.3) is 0 Å². The van der Waals surface area contributed by atoms with E-state index < -0.39 is 0 Å². The van der Waals surface area contributed by atoms with Crippen molar-refractivity contribution < 1.29 is 4.74 Å². The van der Waals surface area contributed by atoms with Crippen LogP contribution in [0.5, 0.6) is 0 Å². The van der Waals surface area contributed by atoms with Crippen molar-refractivity contribution in [3.05, 3.63) is 0 Å². The Kier molecular flexibility index (Phi) is 5.31. The van der Waals surface area contributed by atoms with Crippen LogP contribution in [0, 0.1) is 11.3 Å². The van der Waals surface area contributed by atoms with Gasteiger partial charge in [0.1, 0.15) is 0 Å². The van der Waals surface area contributed by atoms with Crippen molar-refractivity contribution in [2.45, 2.75) is 32.1 Å². The molecule has 2 heterocycles. The van der Waals surface area contributed by atoms with E-state index in [0.29, 0.717) is 5.41 Å². The summed E-state index contributed by atoms with van der Waals surface area (Å²) in [7, 11) is 0. The van der Waals surface area contributed by atoms with Gasteiger partial charge in [-0.3, -0.25) is 0 Å². The highest BCUT2D eigenvalue weighted by Gasteiger charge is 2.40. The van der Waals surface area contributed by atoms with Crippen LogP contribution in [-0.2, 0) is 4.74 Å². The molecule has 1 aliphatic carbocycles. The molecule has 3 nitrogen and oxygen atoms in total. The van der Waals surface area contributed by atoms with Crippen LogP contribution in [0.25, 0.3) is 0 Å². The lowest BCUT2D eigenvalue weighted by Crippen LogP contribution is -2.45. The van der Waals surface area contributed by atoms with Gasteiger partial charge < -0.3 is 15.0 Å². The van der Waals surface area contributed by atoms with E-state index in [9.17, 15) is 0 Å². The lowest BCUT2D eigenvalue weighted by molar-refractivity contribution is 0.00869. The summed E-state index contributed by atoms with van der Waals surface area (Å²) in [5, 5.41) is 3.46. The molecule has 3 rings (SSSR count). The van der Waals surface area contributed by atoms with Crippen LogP contribution in [0.1, 0.15) is 32.1 Å². The van der Waals surface area contributed by atoms with Crippen LogP contribution >= 0.6 is 12.4 Å². The fourth-order valence-corrected chi connectivity index (χ4v) is 3.65. The van der Waals surface area contributed by atoms with Gasteiger partial charge >= 0.3 is 0 Å². The van der Waals surface area contributed by atoms with Crippen molar-refractivity contribution in [3.63, 3.8) is 0 Å². The van der Waals surface area contributed by atoms with Gasteiger partial charge in [-0.1, -0.05) is 6.42 Å². The van der Waals surface area contributed by atoms with Crippen molar-refractivity contribution >= 4 is 12.4 Å². The van der Waals surface area contributed by atoms with Crippen LogP contribution in [0.3, 0.4) is 0 Å². The average Bonchev–Trinajstić information content (AvgIpc) is 2.53. The molecule has 1 N–H and O–H groups in total. The van der Waals surface area contributed by atoms with Crippen LogP contribution in [0.4, 0.5) is 0 Å². The van der Waals surface area contributed by atoms with Crippen LogP contribution in [-0.4, -0.2) is 50.8 Å². The van der Waals surface area contributed by atoms with Crippen molar-refractivity contribution in [1.82, 2.24) is 10.2 Å². The first-order valence-corrected chi connectivity index (χ1v) is 7.37. The molecule has 0 atom stereocenters. The summed E-state index contributed by atoms with van der Waals surface area (Å²) in [4.78, 5) is 2.70. The zero-order valence-electron chi connectivity index (χ0n) is 11.3. The second kappa shape index (κ2) is 6.56. The number of piperidine rings is 1. The molecule has 0 bridgehead atoms. The molecule has 106 valence electrons. The molecule has 0 aromatic carbocycles. The molecule has 2 aliphatic heterocycles. The summed E-state index contributed by atoms with van der Waals surface area (Å²) in [5.41, 5.74) is 0.545. The molecule has 1 spiro atoms. The Morgan fingerprint density at radius 2 is 2.00 bits per heavy atom. The Morgan fingerprint density at radius 3 is 2.67 bits per heavy atom. The maximum absolute atomic E-state index is 5.82. The van der Waals surface area contributed by atoms with Gasteiger partial charge in [-0.15, -0.1) is 12.4 Å². The smallest absolute Gasteiger partial charge is 0.0593 e. The fourth-order valence-electron chi connectivity index (χ4n) is 3.65. The van der Waals surface area contributed by atoms with Crippen LogP contribution in [0.2, 0.25) is 0 Å². The summed E-state index contributed by atoms with van der Waals surface area (Å²) >= 11 is 0. The summed E-state index contributed by atoms with van der Waals surface area (Å²) < 4.78 is 5.82. The second-order valence-corrected chi connectivity index (χ2v) is 6.33. The monoisotopic (exact) mass is 274 g/mol. The van der Waals surface area contributed by atoms with Gasteiger partial charge in [0.05, 0.1) is 13.2 Å². The van der Waals surface area contributed by atoms with Gasteiger partial charge in [0, 0.05) is 25.0 Å². The lowest BCUT2D eigenvalue weighted by atomic mass is 9.69. The van der Waals surface area contributed by atoms with Crippen molar-refractivity contribution in [2.24, 2.45) is 11.3 Å². The minimum absolute atomic E-state index is 0. The Bertz CT molecular complexity index is 252. The number of ether oxygens (including phenoxy) is 1. The summed E-state index contributed by atoms with van der Waals surface area (Å²) in [6, 6.07) is 0. The molecular weight excluding hydrogens is 248 g/mol. The SMILES string of the molecule is C1CC2(C1)COCCN(CC1CCNCC1)C2.Cl. The number of halogens is 1. The molecular formula is C14H27ClN2O. The number of rotatable bonds is 2. The highest BCUT2D eigenvalue weighted by molar-refractivity contribution is 5.85. The van der Waals surface area contributed by atoms with E-state index in [0.717, 1.165) is 25.7 Å². The first-order chi connectivity index (χ1) is 8.36. The zero-order valence-corrected chi connectivity index (χ0v) is 12.1. The normalized spacial score (nSPS) is 29.3. The molecule has 2 saturated heterocycles. The summed E-state index contributed by atoms with van der Waals surface area (Å²) in [6.45, 7) is 8.19. The molecule has 1 saturated carbocycles. The minimum Gasteiger partial charge on any atom is -0.379 e. The number of nitrogens with one attached hydrogen (secondary N) is 1. The van der Waals surface area contributed by atoms with E-state index >= 15 is 0 Å². The quantitative estimate of drug-likeness (QED) is 0.833. The molecule has 18 heavy (non-hydrogen) atoms. The summed E-state index contributed by atoms with van der Waals surface area (Å²) in [5.74, 6) is 0.923. The molecule has 0 radical (unpaired) electrons. The van der Waals surface area contributed by atoms with Gasteiger partial charge in [-0.2, -0.15) is 0 Å². The summed E-state index contributed by atoms with van der Waals surface area (Å²) in [6.07, 6.45) is 6.95. The molecule has 0 unspecified atom stereocenters. The van der Waals surface area contributed by atoms with Crippen molar-refractivity contribution in [1.29, 1.82) is 0 Å². The molecule has 3 fully saturated rings. The Morgan fingerprint density at radius 1 is 1.22 bits per heavy atom. The lowest BCUT2D eigenvalue weighted by Gasteiger charge is -2.43. The number of hydrogen-bond acceptors (Lipinski definition) is 3. The number of nitrogens with zero attached hydrogens (tertiary/aromatic N) is 1. The second-order valence-electron chi connectivity index (χ2n) is 6.33. The van der Waals surface area contributed by atoms with Gasteiger partial charge in [0.15, 0.2) is 0 Å². The Balaban J connectivity index is 0.00000120. The third kappa shape index (κ3) is 3.38. The largest absolute Gasteiger partial charge is 0.379 e. The van der Waals surface area contributed by atoms with E-state index in [1.807, 2.05) is 0 Å². The van der Waals surface area contributed by atoms with Gasteiger partial charge in [0.2, 0.25) is 0 Å². The van der Waals surface area contributed by atoms with Crippen LogP contribution < -0.4 is 5.32 Å². The standard InChI is InChI=1S/C14H26N2O.ClH/c1-4-14(5-1)11-16(8-9-17-12-14)10-13-2-6-15-7-3-13;/h13,15H,1-12H2;1H. The Hall–Kier alpha value is 0.170. The predicted octanol–water partition coefficient (Wildman–Crippen LogP) is 1.91. The average molecular weight is 275 g/mol. The van der Waals surface area contributed by atoms with Gasteiger partial charge in [-0.05, 0) is 44.7 Å². The van der Waals surface area contributed by atoms with Gasteiger partial charge in [-0.25, -0.2) is 0 Å². The fraction of sp³-hybridized carbons (Fsp3) is 1.00. The highest BCUT2D eigenvalue weighted by Crippen LogP contribution is 2.42. The maximum Gasteiger partial charge on any atom is 0.0593 e. The first-order valence-electron chi connectivity index (χ1n) is 7.37. The minimum atomic E-state index is 0. The van der Waals surface area contributed by atoms with Crippen molar-refractivity contribution in [3.8, 4) is 0 Å². The third-order valence-electron chi connectivity index (χ3n) is 4.91. The van der Waals surface area contributed by atoms with E-state index in [4.69, 9.17) is 4.74 Å². The van der Waals surface area contributed by atoms with E-state index in [1.54, 1.807) is 0 Å². The molecule has 0 aromatic heterocycles. The zero-order chi connectivity index (χ0) is 11.6. The molecule has 3 aliphatic rings. The molecule has 0 amide bonds. The van der Waals surface area contributed by atoms with Crippen LogP contribution in [0.15, 0.2) is 0 Å². The maximum atomic E-state index is 5.82. The highest BCUT2D eigenvalue weighted by atomic mass is 35.5. The first kappa shape index (κ1) is 14.6. The molecule has 0 aromatic rings. The third-order valence-corrected chi connectivity index (χ3v) is 4.91. The van der Waals surface area contributed by atoms with E-state index in [1.165, 1.54) is 58.3 Å². The Labute approximate surface area is 117 Å².